The van der Waals surface area contributed by atoms with Crippen LogP contribution in [0.2, 0.25) is 0 Å². The predicted molar refractivity (Wildman–Crippen MR) is 119 cm³/mol. The van der Waals surface area contributed by atoms with Gasteiger partial charge in [-0.15, -0.1) is 0 Å². The number of aromatic nitrogens is 4. The van der Waals surface area contributed by atoms with Gasteiger partial charge in [-0.05, 0) is 36.8 Å². The van der Waals surface area contributed by atoms with Gasteiger partial charge < -0.3 is 10.5 Å². The number of ether oxygens (including phenoxy) is 1. The molecule has 1 aliphatic heterocycles. The van der Waals surface area contributed by atoms with E-state index in [2.05, 4.69) is 15.1 Å². The van der Waals surface area contributed by atoms with Gasteiger partial charge in [0.05, 0.1) is 41.8 Å². The van der Waals surface area contributed by atoms with Crippen molar-refractivity contribution in [3.8, 4) is 0 Å². The van der Waals surface area contributed by atoms with Crippen LogP contribution in [0.5, 0.6) is 0 Å². The number of aryl methyl sites for hydroxylation is 2. The minimum Gasteiger partial charge on any atom is -0.383 e. The third-order valence-corrected chi connectivity index (χ3v) is 5.88. The molecule has 4 aromatic rings. The summed E-state index contributed by atoms with van der Waals surface area (Å²) in [5.41, 5.74) is 8.79. The summed E-state index contributed by atoms with van der Waals surface area (Å²) in [4.78, 5) is 22.3. The Morgan fingerprint density at radius 2 is 2.09 bits per heavy atom. The van der Waals surface area contributed by atoms with Crippen LogP contribution < -0.4 is 10.7 Å². The average Bonchev–Trinajstić information content (AvgIpc) is 3.38. The number of rotatable bonds is 3. The molecule has 1 unspecified atom stereocenters. The second-order valence-electron chi connectivity index (χ2n) is 7.85. The number of nitrogen functional groups attached to an aromatic ring is 1. The number of hydrogen-bond acceptors (Lipinski definition) is 7. The Balaban J connectivity index is 1.64. The Kier molecular flexibility index (Phi) is 4.66. The minimum absolute atomic E-state index is 0.0855. The van der Waals surface area contributed by atoms with E-state index in [0.717, 1.165) is 21.9 Å². The summed E-state index contributed by atoms with van der Waals surface area (Å²) in [5, 5.41) is 8.80. The summed E-state index contributed by atoms with van der Waals surface area (Å²) in [6.07, 6.45) is 2.89. The monoisotopic (exact) mass is 435 g/mol. The largest absolute Gasteiger partial charge is 0.383 e. The zero-order valence-electron chi connectivity index (χ0n) is 17.9. The van der Waals surface area contributed by atoms with Gasteiger partial charge in [-0.25, -0.2) is 19.4 Å². The van der Waals surface area contributed by atoms with Gasteiger partial charge in [0.25, 0.3) is 5.91 Å². The molecule has 1 atom stereocenters. The molecular weight excluding hydrogens is 413 g/mol. The van der Waals surface area contributed by atoms with Crippen LogP contribution >= 0.6 is 0 Å². The highest BCUT2D eigenvalue weighted by atomic mass is 19.1. The maximum Gasteiger partial charge on any atom is 0.272 e. The number of anilines is 2. The van der Waals surface area contributed by atoms with Gasteiger partial charge in [0.1, 0.15) is 5.82 Å². The molecule has 0 spiro atoms. The maximum absolute atomic E-state index is 14.5. The minimum atomic E-state index is -0.506. The number of nitrogens with two attached hydrogens (primary N) is 1. The quantitative estimate of drug-likeness (QED) is 0.527. The topological polar surface area (TPSA) is 102 Å². The van der Waals surface area contributed by atoms with Gasteiger partial charge in [-0.3, -0.25) is 14.5 Å². The third-order valence-electron chi connectivity index (χ3n) is 5.88. The highest BCUT2D eigenvalue weighted by molar-refractivity contribution is 6.10. The van der Waals surface area contributed by atoms with E-state index >= 15 is 0 Å². The smallest absolute Gasteiger partial charge is 0.272 e. The van der Waals surface area contributed by atoms with Gasteiger partial charge in [0, 0.05) is 31.3 Å². The van der Waals surface area contributed by atoms with E-state index in [9.17, 15) is 9.18 Å². The first kappa shape index (κ1) is 20.1. The molecule has 1 fully saturated rings. The second-order valence-corrected chi connectivity index (χ2v) is 7.85. The summed E-state index contributed by atoms with van der Waals surface area (Å²) in [6.45, 7) is 2.43. The van der Waals surface area contributed by atoms with Crippen molar-refractivity contribution < 1.29 is 13.9 Å². The molecule has 1 saturated heterocycles. The molecule has 1 aromatic carbocycles. The summed E-state index contributed by atoms with van der Waals surface area (Å²) < 4.78 is 21.7. The number of pyridine rings is 2. The SMILES string of the molecule is COC1CN(C(=O)c2cc3c(cc2C)nc(N)c2cnn(C)c23)N(c2ncccc2F)C1. The maximum atomic E-state index is 14.5. The summed E-state index contributed by atoms with van der Waals surface area (Å²) in [5.74, 6) is -0.310. The van der Waals surface area contributed by atoms with Crippen LogP contribution in [0.15, 0.2) is 36.7 Å². The molecule has 0 bridgehead atoms. The first-order valence-corrected chi connectivity index (χ1v) is 10.1. The second kappa shape index (κ2) is 7.41. The molecule has 5 rings (SSSR count). The number of hydrazine groups is 1. The van der Waals surface area contributed by atoms with Gasteiger partial charge in [-0.2, -0.15) is 5.10 Å². The number of carbonyl (C=O) groups excluding carboxylic acids is 1. The Morgan fingerprint density at radius 1 is 1.28 bits per heavy atom. The average molecular weight is 435 g/mol. The lowest BCUT2D eigenvalue weighted by atomic mass is 10.0. The lowest BCUT2D eigenvalue weighted by molar-refractivity contribution is 0.0713. The molecule has 164 valence electrons. The molecule has 1 amide bonds. The molecule has 4 heterocycles. The van der Waals surface area contributed by atoms with E-state index in [1.807, 2.05) is 20.0 Å². The van der Waals surface area contributed by atoms with E-state index in [0.29, 0.717) is 23.4 Å². The first-order chi connectivity index (χ1) is 15.4. The van der Waals surface area contributed by atoms with Crippen LogP contribution in [0.3, 0.4) is 0 Å². The number of benzene rings is 1. The third kappa shape index (κ3) is 3.02. The molecule has 0 aliphatic carbocycles. The molecule has 0 radical (unpaired) electrons. The van der Waals surface area contributed by atoms with Crippen molar-refractivity contribution in [2.45, 2.75) is 13.0 Å². The van der Waals surface area contributed by atoms with Gasteiger partial charge >= 0.3 is 0 Å². The number of nitrogens with zero attached hydrogens (tertiary/aromatic N) is 6. The fourth-order valence-electron chi connectivity index (χ4n) is 4.23. The highest BCUT2D eigenvalue weighted by Gasteiger charge is 2.37. The van der Waals surface area contributed by atoms with Gasteiger partial charge in [0.15, 0.2) is 11.6 Å². The Morgan fingerprint density at radius 3 is 2.84 bits per heavy atom. The van der Waals surface area contributed by atoms with Gasteiger partial charge in [-0.1, -0.05) is 0 Å². The van der Waals surface area contributed by atoms with Crippen LogP contribution in [-0.2, 0) is 11.8 Å². The van der Waals surface area contributed by atoms with Crippen molar-refractivity contribution in [2.24, 2.45) is 7.05 Å². The van der Waals surface area contributed by atoms with Crippen LogP contribution in [-0.4, -0.2) is 57.0 Å². The van der Waals surface area contributed by atoms with E-state index in [4.69, 9.17) is 10.5 Å². The number of methoxy groups -OCH3 is 1. The van der Waals surface area contributed by atoms with Crippen molar-refractivity contribution in [3.63, 3.8) is 0 Å². The first-order valence-electron chi connectivity index (χ1n) is 10.1. The van der Waals surface area contributed by atoms with Crippen molar-refractivity contribution in [3.05, 3.63) is 53.6 Å². The number of hydrogen-bond donors (Lipinski definition) is 1. The van der Waals surface area contributed by atoms with Crippen LogP contribution in [0.25, 0.3) is 21.8 Å². The Hall–Kier alpha value is -3.79. The molecule has 1 aliphatic rings. The van der Waals surface area contributed by atoms with Crippen molar-refractivity contribution in [1.29, 1.82) is 0 Å². The molecule has 32 heavy (non-hydrogen) atoms. The van der Waals surface area contributed by atoms with Crippen molar-refractivity contribution in [1.82, 2.24) is 24.8 Å². The van der Waals surface area contributed by atoms with E-state index < -0.39 is 5.82 Å². The zero-order chi connectivity index (χ0) is 22.6. The normalized spacial score (nSPS) is 16.4. The van der Waals surface area contributed by atoms with Crippen LogP contribution in [0.4, 0.5) is 16.0 Å². The lowest BCUT2D eigenvalue weighted by Gasteiger charge is -2.29. The highest BCUT2D eigenvalue weighted by Crippen LogP contribution is 2.31. The van der Waals surface area contributed by atoms with E-state index in [-0.39, 0.29) is 24.4 Å². The number of amides is 1. The number of fused-ring (bicyclic) bond motifs is 3. The molecular formula is C22H22FN7O2. The fourth-order valence-corrected chi connectivity index (χ4v) is 4.23. The fraction of sp³-hybridized carbons (Fsp3) is 0.273. The number of halogens is 1. The van der Waals surface area contributed by atoms with Crippen molar-refractivity contribution in [2.75, 3.05) is 30.9 Å². The van der Waals surface area contributed by atoms with Crippen LogP contribution in [0.1, 0.15) is 15.9 Å². The molecule has 3 aromatic heterocycles. The van der Waals surface area contributed by atoms with E-state index in [1.54, 1.807) is 24.1 Å². The Labute approximate surface area is 183 Å². The summed E-state index contributed by atoms with van der Waals surface area (Å²) >= 11 is 0. The molecule has 9 nitrogen and oxygen atoms in total. The van der Waals surface area contributed by atoms with E-state index in [1.165, 1.54) is 28.3 Å². The standard InChI is InChI=1S/C22H22FN7O2/c1-12-7-18-15(19-16(20(24)27-18)9-26-28(19)2)8-14(12)22(31)30-11-13(32-3)10-29(30)21-17(23)5-4-6-25-21/h4-9,13H,10-11H2,1-3H3,(H2,24,27). The van der Waals surface area contributed by atoms with Gasteiger partial charge in [0.2, 0.25) is 0 Å². The van der Waals surface area contributed by atoms with Crippen molar-refractivity contribution >= 4 is 39.3 Å². The predicted octanol–water partition coefficient (Wildman–Crippen LogP) is 2.44. The zero-order valence-corrected chi connectivity index (χ0v) is 17.9. The number of carbonyl (C=O) groups is 1. The summed E-state index contributed by atoms with van der Waals surface area (Å²) in [7, 11) is 3.39. The molecule has 10 heteroatoms. The summed E-state index contributed by atoms with van der Waals surface area (Å²) in [6, 6.07) is 6.47. The Bertz CT molecular complexity index is 1370. The molecule has 2 N–H and O–H groups in total. The van der Waals surface area contributed by atoms with Crippen LogP contribution in [0, 0.1) is 12.7 Å². The molecule has 0 saturated carbocycles. The lowest BCUT2D eigenvalue weighted by Crippen LogP contribution is -2.42.